The monoisotopic (exact) mass is 260 g/mol. The smallest absolute Gasteiger partial charge is 0.359 e. The molecule has 0 fully saturated rings. The van der Waals surface area contributed by atoms with Gasteiger partial charge in [0.05, 0.1) is 31.1 Å². The van der Waals surface area contributed by atoms with E-state index in [4.69, 9.17) is 13.5 Å². The minimum Gasteiger partial charge on any atom is -0.472 e. The van der Waals surface area contributed by atoms with Crippen LogP contribution >= 0.6 is 7.60 Å². The van der Waals surface area contributed by atoms with Crippen molar-refractivity contribution in [3.63, 3.8) is 0 Å². The van der Waals surface area contributed by atoms with E-state index in [-0.39, 0.29) is 18.5 Å². The van der Waals surface area contributed by atoms with Gasteiger partial charge in [0.25, 0.3) is 0 Å². The van der Waals surface area contributed by atoms with E-state index >= 15 is 0 Å². The van der Waals surface area contributed by atoms with Crippen LogP contribution in [-0.4, -0.2) is 18.3 Å². The van der Waals surface area contributed by atoms with Crippen LogP contribution in [0.5, 0.6) is 0 Å². The molecule has 17 heavy (non-hydrogen) atoms. The molecule has 0 aliphatic rings. The molecule has 5 nitrogen and oxygen atoms in total. The Morgan fingerprint density at radius 1 is 1.53 bits per heavy atom. The number of hydrogen-bond acceptors (Lipinski definition) is 5. The molecule has 1 aromatic rings. The quantitative estimate of drug-likeness (QED) is 0.763. The number of hydrogen-bond donors (Lipinski definition) is 1. The van der Waals surface area contributed by atoms with Crippen molar-refractivity contribution in [3.05, 3.63) is 36.0 Å². The third kappa shape index (κ3) is 3.30. The summed E-state index contributed by atoms with van der Waals surface area (Å²) in [6.07, 6.45) is 1.65. The topological polar surface area (TPSA) is 68.9 Å². The van der Waals surface area contributed by atoms with Crippen LogP contribution in [0.1, 0.15) is 25.5 Å². The molecule has 1 atom stereocenters. The minimum atomic E-state index is -3.49. The highest BCUT2D eigenvalue weighted by atomic mass is 31.2. The van der Waals surface area contributed by atoms with E-state index in [1.54, 1.807) is 19.9 Å². The van der Waals surface area contributed by atoms with E-state index < -0.39 is 13.7 Å². The maximum Gasteiger partial charge on any atom is 0.359 e. The third-order valence-corrected chi connectivity index (χ3v) is 4.27. The van der Waals surface area contributed by atoms with E-state index in [2.05, 4.69) is 6.58 Å². The predicted molar refractivity (Wildman–Crippen MR) is 63.7 cm³/mol. The van der Waals surface area contributed by atoms with Gasteiger partial charge in [-0.05, 0) is 19.9 Å². The van der Waals surface area contributed by atoms with Gasteiger partial charge in [0.2, 0.25) is 0 Å². The van der Waals surface area contributed by atoms with Crippen LogP contribution in [0, 0.1) is 0 Å². The first-order valence-corrected chi connectivity index (χ1v) is 6.88. The molecule has 1 heterocycles. The largest absolute Gasteiger partial charge is 0.472 e. The molecule has 6 heteroatoms. The highest BCUT2D eigenvalue weighted by Gasteiger charge is 2.33. The average molecular weight is 260 g/mol. The molecule has 0 amide bonds. The molecule has 0 aliphatic heterocycles. The Balaban J connectivity index is 2.88. The van der Waals surface area contributed by atoms with Crippen molar-refractivity contribution in [1.29, 1.82) is 0 Å². The molecule has 0 bridgehead atoms. The highest BCUT2D eigenvalue weighted by molar-refractivity contribution is 7.58. The molecule has 1 N–H and O–H groups in total. The van der Waals surface area contributed by atoms with Crippen LogP contribution in [0.3, 0.4) is 0 Å². The molecule has 1 rings (SSSR count). The zero-order valence-electron chi connectivity index (χ0n) is 9.96. The lowest BCUT2D eigenvalue weighted by Gasteiger charge is -2.21. The van der Waals surface area contributed by atoms with E-state index in [1.807, 2.05) is 0 Å². The zero-order chi connectivity index (χ0) is 12.9. The van der Waals surface area contributed by atoms with Gasteiger partial charge in [-0.3, -0.25) is 4.57 Å². The first-order valence-electron chi connectivity index (χ1n) is 5.33. The molecule has 0 aromatic carbocycles. The molecular formula is C11H17O5P. The van der Waals surface area contributed by atoms with Crippen LogP contribution in [0.4, 0.5) is 0 Å². The van der Waals surface area contributed by atoms with Gasteiger partial charge < -0.3 is 18.6 Å². The summed E-state index contributed by atoms with van der Waals surface area (Å²) in [4.78, 5) is 0. The second kappa shape index (κ2) is 6.17. The minimum absolute atomic E-state index is 0.0163. The van der Waals surface area contributed by atoms with Gasteiger partial charge in [0.15, 0.2) is 0 Å². The molecule has 1 aromatic heterocycles. The molecule has 96 valence electrons. The fraction of sp³-hybridized carbons (Fsp3) is 0.455. The predicted octanol–water partition coefficient (Wildman–Crippen LogP) is 3.09. The van der Waals surface area contributed by atoms with Gasteiger partial charge in [0.1, 0.15) is 6.10 Å². The van der Waals surface area contributed by atoms with Crippen molar-refractivity contribution >= 4 is 7.60 Å². The van der Waals surface area contributed by atoms with Gasteiger partial charge in [-0.15, -0.1) is 0 Å². The average Bonchev–Trinajstić information content (AvgIpc) is 2.81. The molecule has 1 unspecified atom stereocenters. The summed E-state index contributed by atoms with van der Waals surface area (Å²) in [5, 5.41) is 9.99. The Kier molecular flexibility index (Phi) is 5.15. The Labute approximate surface area is 101 Å². The normalized spacial score (nSPS) is 13.6. The summed E-state index contributed by atoms with van der Waals surface area (Å²) in [5.74, 6) is 0. The Morgan fingerprint density at radius 3 is 2.53 bits per heavy atom. The number of aliphatic hydroxyl groups excluding tert-OH is 1. The van der Waals surface area contributed by atoms with Gasteiger partial charge in [-0.25, -0.2) is 0 Å². The molecule has 0 saturated heterocycles. The van der Waals surface area contributed by atoms with Crippen molar-refractivity contribution in [2.75, 3.05) is 13.2 Å². The van der Waals surface area contributed by atoms with Gasteiger partial charge >= 0.3 is 7.60 Å². The van der Waals surface area contributed by atoms with Crippen LogP contribution in [0.25, 0.3) is 0 Å². The van der Waals surface area contributed by atoms with Gasteiger partial charge in [0, 0.05) is 5.56 Å². The fourth-order valence-corrected chi connectivity index (χ4v) is 2.85. The molecular weight excluding hydrogens is 243 g/mol. The van der Waals surface area contributed by atoms with Gasteiger partial charge in [-0.1, -0.05) is 6.58 Å². The summed E-state index contributed by atoms with van der Waals surface area (Å²) in [5.41, 5.74) is 0.467. The van der Waals surface area contributed by atoms with Crippen LogP contribution in [0.2, 0.25) is 0 Å². The van der Waals surface area contributed by atoms with Crippen molar-refractivity contribution < 1.29 is 23.1 Å². The second-order valence-corrected chi connectivity index (χ2v) is 5.37. The second-order valence-electron chi connectivity index (χ2n) is 3.28. The van der Waals surface area contributed by atoms with E-state index in [1.165, 1.54) is 12.5 Å². The molecule has 0 spiro atoms. The van der Waals surface area contributed by atoms with Crippen LogP contribution in [0.15, 0.2) is 34.9 Å². The van der Waals surface area contributed by atoms with Crippen molar-refractivity contribution in [1.82, 2.24) is 0 Å². The zero-order valence-corrected chi connectivity index (χ0v) is 10.9. The molecule has 0 aliphatic carbocycles. The number of aliphatic hydroxyl groups is 1. The fourth-order valence-electron chi connectivity index (χ4n) is 1.32. The number of rotatable bonds is 7. The lowest BCUT2D eigenvalue weighted by atomic mass is 10.2. The third-order valence-electron chi connectivity index (χ3n) is 2.12. The van der Waals surface area contributed by atoms with E-state index in [0.29, 0.717) is 5.56 Å². The van der Waals surface area contributed by atoms with Crippen LogP contribution in [-0.2, 0) is 13.6 Å². The van der Waals surface area contributed by atoms with Crippen molar-refractivity contribution in [2.24, 2.45) is 0 Å². The SMILES string of the molecule is C=C(C(O)c1ccoc1)P(=O)(OCC)OCC. The summed E-state index contributed by atoms with van der Waals surface area (Å²) >= 11 is 0. The Hall–Kier alpha value is -0.870. The first kappa shape index (κ1) is 14.2. The van der Waals surface area contributed by atoms with Crippen LogP contribution < -0.4 is 0 Å². The Bertz CT molecular complexity index is 388. The first-order chi connectivity index (χ1) is 8.05. The number of furan rings is 1. The molecule has 0 saturated carbocycles. The summed E-state index contributed by atoms with van der Waals surface area (Å²) in [6, 6.07) is 1.57. The highest BCUT2D eigenvalue weighted by Crippen LogP contribution is 2.59. The standard InChI is InChI=1S/C11H17O5P/c1-4-15-17(13,16-5-2)9(3)11(12)10-6-7-14-8-10/h6-8,11-12H,3-5H2,1-2H3. The van der Waals surface area contributed by atoms with Crippen molar-refractivity contribution in [2.45, 2.75) is 20.0 Å². The summed E-state index contributed by atoms with van der Waals surface area (Å²) in [7, 11) is -3.49. The van der Waals surface area contributed by atoms with E-state index in [0.717, 1.165) is 0 Å². The van der Waals surface area contributed by atoms with Gasteiger partial charge in [-0.2, -0.15) is 0 Å². The maximum absolute atomic E-state index is 12.3. The maximum atomic E-state index is 12.3. The summed E-state index contributed by atoms with van der Waals surface area (Å²) < 4.78 is 27.3. The van der Waals surface area contributed by atoms with E-state index in [9.17, 15) is 9.67 Å². The lowest BCUT2D eigenvalue weighted by Crippen LogP contribution is -2.05. The van der Waals surface area contributed by atoms with Crippen molar-refractivity contribution in [3.8, 4) is 0 Å². The molecule has 0 radical (unpaired) electrons. The Morgan fingerprint density at radius 2 is 2.12 bits per heavy atom. The summed E-state index contributed by atoms with van der Waals surface area (Å²) in [6.45, 7) is 7.44. The lowest BCUT2D eigenvalue weighted by molar-refractivity contribution is 0.192.